The maximum atomic E-state index is 6.09. The minimum absolute atomic E-state index is 0.320. The van der Waals surface area contributed by atoms with E-state index in [0.717, 1.165) is 49.6 Å². The van der Waals surface area contributed by atoms with Crippen molar-refractivity contribution in [2.24, 2.45) is 18.5 Å². The monoisotopic (exact) mass is 288 g/mol. The van der Waals surface area contributed by atoms with Gasteiger partial charge in [0.15, 0.2) is 5.82 Å². The molecule has 21 heavy (non-hydrogen) atoms. The highest BCUT2D eigenvalue weighted by Crippen LogP contribution is 2.31. The quantitative estimate of drug-likeness (QED) is 0.846. The number of aromatic nitrogens is 2. The first-order valence-corrected chi connectivity index (χ1v) is 7.57. The van der Waals surface area contributed by atoms with Gasteiger partial charge in [-0.05, 0) is 31.4 Å². The molecule has 0 aromatic carbocycles. The molecule has 1 atom stereocenters. The summed E-state index contributed by atoms with van der Waals surface area (Å²) in [5, 5.41) is 4.45. The molecule has 0 saturated carbocycles. The summed E-state index contributed by atoms with van der Waals surface area (Å²) in [6.45, 7) is 2.72. The molecule has 6 heteroatoms. The SMILES string of the molecule is Cn1ncc(N2C=CC=C(N)C2)c1N1CCC[C@@H](N)CC1. The summed E-state index contributed by atoms with van der Waals surface area (Å²) in [7, 11) is 2.00. The third-order valence-corrected chi connectivity index (χ3v) is 4.20. The number of rotatable bonds is 2. The van der Waals surface area contributed by atoms with E-state index in [1.165, 1.54) is 0 Å². The smallest absolute Gasteiger partial charge is 0.150 e. The number of nitrogens with two attached hydrogens (primary N) is 2. The van der Waals surface area contributed by atoms with Crippen molar-refractivity contribution in [3.8, 4) is 0 Å². The van der Waals surface area contributed by atoms with Crippen LogP contribution >= 0.6 is 0 Å². The van der Waals surface area contributed by atoms with Crippen LogP contribution in [0.5, 0.6) is 0 Å². The second kappa shape index (κ2) is 5.81. The molecular weight excluding hydrogens is 264 g/mol. The predicted octanol–water partition coefficient (Wildman–Crippen LogP) is 0.914. The van der Waals surface area contributed by atoms with Crippen LogP contribution in [0.1, 0.15) is 19.3 Å². The van der Waals surface area contributed by atoms with Crippen molar-refractivity contribution < 1.29 is 0 Å². The number of hydrogen-bond donors (Lipinski definition) is 2. The third kappa shape index (κ3) is 2.90. The number of anilines is 2. The van der Waals surface area contributed by atoms with Gasteiger partial charge in [0.25, 0.3) is 0 Å². The van der Waals surface area contributed by atoms with Crippen LogP contribution in [0.15, 0.2) is 30.2 Å². The fourth-order valence-electron chi connectivity index (χ4n) is 3.06. The summed E-state index contributed by atoms with van der Waals surface area (Å²) in [6.07, 6.45) is 11.2. The van der Waals surface area contributed by atoms with Crippen molar-refractivity contribution in [1.82, 2.24) is 9.78 Å². The molecule has 0 spiro atoms. The first-order chi connectivity index (χ1) is 10.1. The van der Waals surface area contributed by atoms with Gasteiger partial charge in [-0.25, -0.2) is 0 Å². The summed E-state index contributed by atoms with van der Waals surface area (Å²) >= 11 is 0. The van der Waals surface area contributed by atoms with E-state index >= 15 is 0 Å². The highest BCUT2D eigenvalue weighted by Gasteiger charge is 2.23. The minimum atomic E-state index is 0.320. The van der Waals surface area contributed by atoms with Gasteiger partial charge in [-0.2, -0.15) is 5.10 Å². The maximum Gasteiger partial charge on any atom is 0.150 e. The molecule has 4 N–H and O–H groups in total. The molecule has 1 aromatic heterocycles. The van der Waals surface area contributed by atoms with Crippen LogP contribution in [0.2, 0.25) is 0 Å². The highest BCUT2D eigenvalue weighted by molar-refractivity contribution is 5.69. The molecule has 2 aliphatic heterocycles. The Balaban J connectivity index is 1.87. The van der Waals surface area contributed by atoms with Gasteiger partial charge in [0.1, 0.15) is 5.69 Å². The second-order valence-corrected chi connectivity index (χ2v) is 5.87. The Morgan fingerprint density at radius 1 is 1.29 bits per heavy atom. The molecule has 0 unspecified atom stereocenters. The Morgan fingerprint density at radius 3 is 2.95 bits per heavy atom. The topological polar surface area (TPSA) is 76.3 Å². The summed E-state index contributed by atoms with van der Waals surface area (Å²) < 4.78 is 1.95. The second-order valence-electron chi connectivity index (χ2n) is 5.87. The average molecular weight is 288 g/mol. The molecule has 1 fully saturated rings. The van der Waals surface area contributed by atoms with E-state index in [-0.39, 0.29) is 0 Å². The van der Waals surface area contributed by atoms with Crippen LogP contribution < -0.4 is 21.3 Å². The van der Waals surface area contributed by atoms with Crippen LogP contribution in [0.3, 0.4) is 0 Å². The van der Waals surface area contributed by atoms with Crippen molar-refractivity contribution in [1.29, 1.82) is 0 Å². The molecule has 0 bridgehead atoms. The van der Waals surface area contributed by atoms with E-state index in [2.05, 4.69) is 21.1 Å². The number of hydrogen-bond acceptors (Lipinski definition) is 5. The molecule has 0 amide bonds. The van der Waals surface area contributed by atoms with Crippen molar-refractivity contribution in [2.75, 3.05) is 29.4 Å². The lowest BCUT2D eigenvalue weighted by Gasteiger charge is -2.29. The van der Waals surface area contributed by atoms with Gasteiger partial charge in [0.05, 0.1) is 12.7 Å². The third-order valence-electron chi connectivity index (χ3n) is 4.20. The number of allylic oxidation sites excluding steroid dienone is 2. The summed E-state index contributed by atoms with van der Waals surface area (Å²) in [4.78, 5) is 4.56. The van der Waals surface area contributed by atoms with E-state index in [1.807, 2.05) is 30.1 Å². The van der Waals surface area contributed by atoms with Gasteiger partial charge in [0.2, 0.25) is 0 Å². The first-order valence-electron chi connectivity index (χ1n) is 7.57. The minimum Gasteiger partial charge on any atom is -0.401 e. The molecule has 3 rings (SSSR count). The van der Waals surface area contributed by atoms with Crippen LogP contribution in [0, 0.1) is 0 Å². The van der Waals surface area contributed by atoms with Crippen LogP contribution in [0.4, 0.5) is 11.5 Å². The molecule has 6 nitrogen and oxygen atoms in total. The standard InChI is InChI=1S/C15H24N6/c1-19-15(20-7-2-4-12(16)6-9-20)14(10-18-19)21-8-3-5-13(17)11-21/h3,5,8,10,12H,2,4,6-7,9,11,16-17H2,1H3/t12-/m1/s1. The zero-order valence-electron chi connectivity index (χ0n) is 12.6. The van der Waals surface area contributed by atoms with E-state index in [1.54, 1.807) is 0 Å². The van der Waals surface area contributed by atoms with Crippen LogP contribution in [-0.2, 0) is 7.05 Å². The molecule has 2 aliphatic rings. The van der Waals surface area contributed by atoms with Crippen molar-refractivity contribution in [3.63, 3.8) is 0 Å². The largest absolute Gasteiger partial charge is 0.401 e. The van der Waals surface area contributed by atoms with Gasteiger partial charge in [-0.3, -0.25) is 4.68 Å². The zero-order valence-corrected chi connectivity index (χ0v) is 12.6. The molecule has 1 saturated heterocycles. The summed E-state index contributed by atoms with van der Waals surface area (Å²) in [6, 6.07) is 0.320. The van der Waals surface area contributed by atoms with Crippen molar-refractivity contribution in [2.45, 2.75) is 25.3 Å². The van der Waals surface area contributed by atoms with Crippen molar-refractivity contribution in [3.05, 3.63) is 30.2 Å². The lowest BCUT2D eigenvalue weighted by atomic mass is 10.1. The maximum absolute atomic E-state index is 6.09. The molecule has 114 valence electrons. The Bertz CT molecular complexity index is 559. The van der Waals surface area contributed by atoms with E-state index < -0.39 is 0 Å². The summed E-state index contributed by atoms with van der Waals surface area (Å²) in [5.74, 6) is 1.16. The molecule has 0 aliphatic carbocycles. The van der Waals surface area contributed by atoms with Gasteiger partial charge in [-0.1, -0.05) is 0 Å². The summed E-state index contributed by atoms with van der Waals surface area (Å²) in [5.41, 5.74) is 14.0. The Kier molecular flexibility index (Phi) is 3.88. The van der Waals surface area contributed by atoms with Gasteiger partial charge in [0, 0.05) is 38.1 Å². The van der Waals surface area contributed by atoms with E-state index in [4.69, 9.17) is 11.5 Å². The van der Waals surface area contributed by atoms with E-state index in [0.29, 0.717) is 12.6 Å². The van der Waals surface area contributed by atoms with Crippen LogP contribution in [-0.4, -0.2) is 35.5 Å². The molecule has 1 aromatic rings. The van der Waals surface area contributed by atoms with Gasteiger partial charge < -0.3 is 21.3 Å². The first kappa shape index (κ1) is 14.0. The molecule has 3 heterocycles. The van der Waals surface area contributed by atoms with Gasteiger partial charge in [-0.15, -0.1) is 0 Å². The normalized spacial score (nSPS) is 23.1. The zero-order chi connectivity index (χ0) is 14.8. The number of nitrogens with zero attached hydrogens (tertiary/aromatic N) is 4. The number of aryl methyl sites for hydroxylation is 1. The Labute approximate surface area is 125 Å². The molecule has 0 radical (unpaired) electrons. The Morgan fingerprint density at radius 2 is 2.14 bits per heavy atom. The highest BCUT2D eigenvalue weighted by atomic mass is 15.4. The lowest BCUT2D eigenvalue weighted by molar-refractivity contribution is 0.601. The van der Waals surface area contributed by atoms with E-state index in [9.17, 15) is 0 Å². The average Bonchev–Trinajstić information content (AvgIpc) is 2.71. The Hall–Kier alpha value is -1.95. The van der Waals surface area contributed by atoms with Crippen molar-refractivity contribution >= 4 is 11.5 Å². The predicted molar refractivity (Wildman–Crippen MR) is 86.0 cm³/mol. The fourth-order valence-corrected chi connectivity index (χ4v) is 3.06. The fraction of sp³-hybridized carbons (Fsp3) is 0.533. The lowest BCUT2D eigenvalue weighted by Crippen LogP contribution is -2.31. The molecular formula is C15H24N6. The van der Waals surface area contributed by atoms with Crippen LogP contribution in [0.25, 0.3) is 0 Å². The van der Waals surface area contributed by atoms with Gasteiger partial charge >= 0.3 is 0 Å².